The number of hydrogen-bond acceptors (Lipinski definition) is 4. The van der Waals surface area contributed by atoms with Crippen molar-refractivity contribution in [1.29, 1.82) is 0 Å². The van der Waals surface area contributed by atoms with Crippen molar-refractivity contribution in [3.05, 3.63) is 58.5 Å². The minimum Gasteiger partial charge on any atom is -0.475 e. The summed E-state index contributed by atoms with van der Waals surface area (Å²) in [5.41, 5.74) is 1.45. The fraction of sp³-hybridized carbons (Fsp3) is 0.429. The second kappa shape index (κ2) is 12.9. The molecule has 0 atom stereocenters. The molecule has 0 amide bonds. The number of guanidine groups is 1. The zero-order valence-corrected chi connectivity index (χ0v) is 20.8. The summed E-state index contributed by atoms with van der Waals surface area (Å²) < 4.78 is 24.0. The van der Waals surface area contributed by atoms with E-state index in [0.29, 0.717) is 43.2 Å². The average molecular weight is 551 g/mol. The first-order valence-electron chi connectivity index (χ1n) is 9.33. The lowest BCUT2D eigenvalue weighted by atomic mass is 9.84. The second-order valence-electron chi connectivity index (χ2n) is 7.10. The fourth-order valence-electron chi connectivity index (χ4n) is 2.75. The number of ether oxygens (including phenoxy) is 2. The molecule has 1 heterocycles. The Morgan fingerprint density at radius 3 is 2.67 bits per heavy atom. The summed E-state index contributed by atoms with van der Waals surface area (Å²) in [5, 5.41) is 6.97. The van der Waals surface area contributed by atoms with Gasteiger partial charge in [0, 0.05) is 49.4 Å². The highest BCUT2D eigenvalue weighted by Gasteiger charge is 2.24. The summed E-state index contributed by atoms with van der Waals surface area (Å²) in [5.74, 6) is 0.842. The fourth-order valence-corrected chi connectivity index (χ4v) is 3.17. The minimum atomic E-state index is -0.347. The predicted molar refractivity (Wildman–Crippen MR) is 130 cm³/mol. The van der Waals surface area contributed by atoms with E-state index < -0.39 is 0 Å². The number of pyridine rings is 1. The number of nitrogens with zero attached hydrogens (tertiary/aromatic N) is 2. The lowest BCUT2D eigenvalue weighted by molar-refractivity contribution is 0.143. The van der Waals surface area contributed by atoms with Gasteiger partial charge in [-0.2, -0.15) is 0 Å². The molecule has 1 aromatic heterocycles. The van der Waals surface area contributed by atoms with Crippen molar-refractivity contribution >= 4 is 41.5 Å². The van der Waals surface area contributed by atoms with Crippen LogP contribution in [-0.4, -0.2) is 44.9 Å². The van der Waals surface area contributed by atoms with E-state index in [0.717, 1.165) is 11.1 Å². The predicted octanol–water partition coefficient (Wildman–Crippen LogP) is 4.16. The number of benzene rings is 1. The number of nitrogens with one attached hydrogen (secondary N) is 2. The van der Waals surface area contributed by atoms with Gasteiger partial charge in [0.2, 0.25) is 5.88 Å². The van der Waals surface area contributed by atoms with E-state index in [1.54, 1.807) is 26.4 Å². The van der Waals surface area contributed by atoms with Crippen molar-refractivity contribution in [2.24, 2.45) is 4.99 Å². The molecule has 0 bridgehead atoms. The van der Waals surface area contributed by atoms with Crippen LogP contribution in [0.1, 0.15) is 25.0 Å². The van der Waals surface area contributed by atoms with E-state index in [2.05, 4.69) is 20.6 Å². The van der Waals surface area contributed by atoms with E-state index in [-0.39, 0.29) is 35.2 Å². The van der Waals surface area contributed by atoms with E-state index in [4.69, 9.17) is 21.1 Å². The maximum atomic E-state index is 13.3. The van der Waals surface area contributed by atoms with Gasteiger partial charge >= 0.3 is 0 Å². The molecule has 0 aliphatic carbocycles. The number of halogens is 3. The van der Waals surface area contributed by atoms with E-state index in [9.17, 15) is 4.39 Å². The Hall–Kier alpha value is -1.65. The highest BCUT2D eigenvalue weighted by molar-refractivity contribution is 14.0. The number of hydrogen-bond donors (Lipinski definition) is 2. The van der Waals surface area contributed by atoms with Crippen LogP contribution < -0.4 is 15.4 Å². The number of aromatic nitrogens is 1. The first-order valence-corrected chi connectivity index (χ1v) is 9.71. The average Bonchev–Trinajstić information content (AvgIpc) is 2.69. The van der Waals surface area contributed by atoms with Crippen LogP contribution >= 0.6 is 35.6 Å². The maximum Gasteiger partial charge on any atom is 0.218 e. The lowest BCUT2D eigenvalue weighted by Gasteiger charge is -2.27. The Bertz CT molecular complexity index is 836. The zero-order chi connectivity index (χ0) is 21.3. The van der Waals surface area contributed by atoms with Gasteiger partial charge in [0.15, 0.2) is 5.96 Å². The third-order valence-corrected chi connectivity index (χ3v) is 4.72. The molecular weight excluding hydrogens is 522 g/mol. The van der Waals surface area contributed by atoms with Gasteiger partial charge in [-0.25, -0.2) is 9.37 Å². The molecular formula is C21H29ClFIN4O2. The van der Waals surface area contributed by atoms with Gasteiger partial charge < -0.3 is 20.1 Å². The van der Waals surface area contributed by atoms with Crippen LogP contribution in [-0.2, 0) is 16.7 Å². The Labute approximate surface area is 199 Å². The maximum absolute atomic E-state index is 13.3. The molecule has 0 radical (unpaired) electrons. The number of rotatable bonds is 9. The van der Waals surface area contributed by atoms with Crippen molar-refractivity contribution in [3.63, 3.8) is 0 Å². The largest absolute Gasteiger partial charge is 0.475 e. The van der Waals surface area contributed by atoms with Gasteiger partial charge in [0.25, 0.3) is 0 Å². The summed E-state index contributed by atoms with van der Waals surface area (Å²) in [7, 11) is 3.33. The molecule has 0 saturated carbocycles. The molecule has 9 heteroatoms. The van der Waals surface area contributed by atoms with Gasteiger partial charge in [-0.3, -0.25) is 4.99 Å². The molecule has 0 unspecified atom stereocenters. The van der Waals surface area contributed by atoms with Crippen LogP contribution in [0.2, 0.25) is 5.02 Å². The van der Waals surface area contributed by atoms with E-state index >= 15 is 0 Å². The van der Waals surface area contributed by atoms with Crippen molar-refractivity contribution in [3.8, 4) is 5.88 Å². The Morgan fingerprint density at radius 1 is 1.23 bits per heavy atom. The summed E-state index contributed by atoms with van der Waals surface area (Å²) in [6, 6.07) is 8.27. The van der Waals surface area contributed by atoms with Gasteiger partial charge in [0.05, 0.1) is 6.61 Å². The van der Waals surface area contributed by atoms with Gasteiger partial charge in [-0.15, -0.1) is 24.0 Å². The molecule has 2 rings (SSSR count). The summed E-state index contributed by atoms with van der Waals surface area (Å²) in [6.45, 7) is 6.05. The summed E-state index contributed by atoms with van der Waals surface area (Å²) in [4.78, 5) is 8.53. The first kappa shape index (κ1) is 26.4. The SMILES string of the molecule is CN=C(NCc1cccnc1OCCOC)NCC(C)(C)c1ccc(F)cc1Cl.I. The van der Waals surface area contributed by atoms with Crippen LogP contribution in [0.15, 0.2) is 41.5 Å². The third kappa shape index (κ3) is 7.88. The standard InChI is InChI=1S/C21H28ClFN4O2.HI/c1-21(2,17-8-7-16(23)12-18(17)22)14-27-20(24-3)26-13-15-6-5-9-25-19(15)29-11-10-28-4;/h5-9,12H,10-11,13-14H2,1-4H3,(H2,24,26,27);1H. The van der Waals surface area contributed by atoms with Crippen molar-refractivity contribution in [2.45, 2.75) is 25.8 Å². The molecule has 0 aliphatic rings. The highest BCUT2D eigenvalue weighted by Crippen LogP contribution is 2.29. The monoisotopic (exact) mass is 550 g/mol. The molecule has 0 saturated heterocycles. The zero-order valence-electron chi connectivity index (χ0n) is 17.7. The highest BCUT2D eigenvalue weighted by atomic mass is 127. The summed E-state index contributed by atoms with van der Waals surface area (Å²) >= 11 is 6.23. The van der Waals surface area contributed by atoms with Crippen molar-refractivity contribution in [1.82, 2.24) is 15.6 Å². The topological polar surface area (TPSA) is 67.8 Å². The third-order valence-electron chi connectivity index (χ3n) is 4.40. The minimum absolute atomic E-state index is 0. The molecule has 0 aliphatic heterocycles. The molecule has 0 fully saturated rings. The van der Waals surface area contributed by atoms with E-state index in [1.807, 2.05) is 26.0 Å². The first-order chi connectivity index (χ1) is 13.9. The van der Waals surface area contributed by atoms with Crippen LogP contribution in [0.5, 0.6) is 5.88 Å². The normalized spacial score (nSPS) is 11.6. The molecule has 0 spiro atoms. The number of aliphatic imine (C=N–C) groups is 1. The summed E-state index contributed by atoms with van der Waals surface area (Å²) in [6.07, 6.45) is 1.69. The lowest BCUT2D eigenvalue weighted by Crippen LogP contribution is -2.43. The van der Waals surface area contributed by atoms with Gasteiger partial charge in [-0.05, 0) is 23.8 Å². The van der Waals surface area contributed by atoms with Crippen LogP contribution in [0.3, 0.4) is 0 Å². The Kier molecular flexibility index (Phi) is 11.4. The molecule has 166 valence electrons. The molecule has 30 heavy (non-hydrogen) atoms. The van der Waals surface area contributed by atoms with Crippen LogP contribution in [0.4, 0.5) is 4.39 Å². The molecule has 6 nitrogen and oxygen atoms in total. The second-order valence-corrected chi connectivity index (χ2v) is 7.50. The van der Waals surface area contributed by atoms with Crippen molar-refractivity contribution < 1.29 is 13.9 Å². The van der Waals surface area contributed by atoms with Crippen LogP contribution in [0.25, 0.3) is 0 Å². The van der Waals surface area contributed by atoms with Gasteiger partial charge in [0.1, 0.15) is 12.4 Å². The quantitative estimate of drug-likeness (QED) is 0.212. The molecule has 2 aromatic rings. The van der Waals surface area contributed by atoms with Gasteiger partial charge in [-0.1, -0.05) is 37.6 Å². The Morgan fingerprint density at radius 2 is 2.00 bits per heavy atom. The van der Waals surface area contributed by atoms with Crippen molar-refractivity contribution in [2.75, 3.05) is 33.9 Å². The smallest absolute Gasteiger partial charge is 0.218 e. The number of methoxy groups -OCH3 is 1. The van der Waals surface area contributed by atoms with Crippen LogP contribution in [0, 0.1) is 5.82 Å². The van der Waals surface area contributed by atoms with E-state index in [1.165, 1.54) is 12.1 Å². The molecule has 2 N–H and O–H groups in total. The Balaban J connectivity index is 0.00000450. The molecule has 1 aromatic carbocycles.